The van der Waals surface area contributed by atoms with Gasteiger partial charge >= 0.3 is 11.9 Å². The Kier molecular flexibility index (Phi) is 9.50. The van der Waals surface area contributed by atoms with E-state index in [9.17, 15) is 9.59 Å². The van der Waals surface area contributed by atoms with Crippen LogP contribution in [0.5, 0.6) is 5.75 Å². The average Bonchev–Trinajstić information content (AvgIpc) is 2.80. The number of benzene rings is 3. The van der Waals surface area contributed by atoms with Gasteiger partial charge in [-0.2, -0.15) is 0 Å². The monoisotopic (exact) mass is 438 g/mol. The van der Waals surface area contributed by atoms with Crippen LogP contribution in [0.25, 0.3) is 10.8 Å². The highest BCUT2D eigenvalue weighted by molar-refractivity contribution is 5.90. The quantitative estimate of drug-likeness (QED) is 0.275. The number of aliphatic carboxylic acids is 1. The number of unbranched alkanes of at least 4 members (excludes halogenated alkanes) is 1. The van der Waals surface area contributed by atoms with Crippen LogP contribution in [-0.2, 0) is 16.0 Å². The van der Waals surface area contributed by atoms with Crippen molar-refractivity contribution in [3.63, 3.8) is 0 Å². The van der Waals surface area contributed by atoms with Crippen molar-refractivity contribution < 1.29 is 24.2 Å². The van der Waals surface area contributed by atoms with Crippen molar-refractivity contribution in [1.82, 2.24) is 0 Å². The lowest BCUT2D eigenvalue weighted by Crippen LogP contribution is -2.32. The molecule has 7 heteroatoms. The molecule has 0 saturated heterocycles. The molecule has 0 fully saturated rings. The molecule has 7 nitrogen and oxygen atoms in total. The summed E-state index contributed by atoms with van der Waals surface area (Å²) in [5.41, 5.74) is 13.2. The van der Waals surface area contributed by atoms with Crippen LogP contribution in [0.15, 0.2) is 60.7 Å². The van der Waals surface area contributed by atoms with Crippen molar-refractivity contribution in [1.29, 1.82) is 0 Å². The first-order valence-electron chi connectivity index (χ1n) is 10.4. The van der Waals surface area contributed by atoms with E-state index >= 15 is 0 Å². The lowest BCUT2D eigenvalue weighted by atomic mass is 10.0. The molecule has 0 spiro atoms. The van der Waals surface area contributed by atoms with E-state index in [4.69, 9.17) is 21.3 Å². The first-order valence-corrected chi connectivity index (χ1v) is 10.4. The maximum atomic E-state index is 11.3. The maximum absolute atomic E-state index is 11.3. The molecule has 3 rings (SSSR count). The maximum Gasteiger partial charge on any atom is 0.337 e. The van der Waals surface area contributed by atoms with Crippen molar-refractivity contribution in [2.24, 2.45) is 5.73 Å². The summed E-state index contributed by atoms with van der Waals surface area (Å²) in [6, 6.07) is 17.9. The van der Waals surface area contributed by atoms with Crippen LogP contribution in [0, 0.1) is 0 Å². The number of ether oxygens (including phenoxy) is 2. The number of methoxy groups -OCH3 is 1. The van der Waals surface area contributed by atoms with Crippen molar-refractivity contribution >= 4 is 28.4 Å². The van der Waals surface area contributed by atoms with Gasteiger partial charge in [-0.25, -0.2) is 4.79 Å². The van der Waals surface area contributed by atoms with Crippen LogP contribution in [-0.4, -0.2) is 36.8 Å². The second kappa shape index (κ2) is 12.3. The number of anilines is 1. The smallest absolute Gasteiger partial charge is 0.337 e. The van der Waals surface area contributed by atoms with Crippen LogP contribution in [0.3, 0.4) is 0 Å². The second-order valence-electron chi connectivity index (χ2n) is 7.28. The average molecular weight is 439 g/mol. The van der Waals surface area contributed by atoms with E-state index in [1.807, 2.05) is 42.5 Å². The lowest BCUT2D eigenvalue weighted by Gasteiger charge is -2.09. The number of carbonyl (C=O) groups is 2. The molecule has 1 atom stereocenters. The Hall–Kier alpha value is -3.58. The van der Waals surface area contributed by atoms with Crippen LogP contribution >= 0.6 is 0 Å². The highest BCUT2D eigenvalue weighted by Crippen LogP contribution is 2.23. The molecule has 3 aromatic rings. The molecule has 5 N–H and O–H groups in total. The minimum Gasteiger partial charge on any atom is -0.491 e. The van der Waals surface area contributed by atoms with Gasteiger partial charge in [0.05, 0.1) is 25.0 Å². The number of hydrogen-bond acceptors (Lipinski definition) is 6. The number of nitrogen functional groups attached to an aromatic ring is 1. The fourth-order valence-electron chi connectivity index (χ4n) is 2.94. The van der Waals surface area contributed by atoms with Crippen molar-refractivity contribution in [2.45, 2.75) is 32.2 Å². The number of carboxylic acid groups (broad SMARTS) is 1. The van der Waals surface area contributed by atoms with E-state index in [0.717, 1.165) is 29.2 Å². The third-order valence-corrected chi connectivity index (χ3v) is 4.78. The molecule has 0 amide bonds. The first-order chi connectivity index (χ1) is 15.3. The third-order valence-electron chi connectivity index (χ3n) is 4.78. The molecule has 3 aromatic carbocycles. The fraction of sp³-hybridized carbons (Fsp3) is 0.280. The Morgan fingerprint density at radius 1 is 1.03 bits per heavy atom. The summed E-state index contributed by atoms with van der Waals surface area (Å²) in [6.07, 6.45) is 2.37. The number of hydrogen-bond donors (Lipinski definition) is 3. The Morgan fingerprint density at radius 2 is 1.75 bits per heavy atom. The summed E-state index contributed by atoms with van der Waals surface area (Å²) in [7, 11) is 1.34. The first kappa shape index (κ1) is 24.7. The molecule has 0 aliphatic carbocycles. The number of nitrogens with two attached hydrogens (primary N) is 2. The molecule has 0 heterocycles. The Balaban J connectivity index is 0.000000227. The Bertz CT molecular complexity index is 1050. The molecule has 0 bridgehead atoms. The van der Waals surface area contributed by atoms with Crippen LogP contribution in [0.4, 0.5) is 5.69 Å². The fourth-order valence-corrected chi connectivity index (χ4v) is 2.94. The topological polar surface area (TPSA) is 125 Å². The SMILES string of the molecule is CCCCOc1cc(C(=O)OC)ccc1N.NC(Cc1ccc2ccccc2c1)C(=O)O. The van der Waals surface area contributed by atoms with Gasteiger partial charge in [-0.3, -0.25) is 4.79 Å². The highest BCUT2D eigenvalue weighted by atomic mass is 16.5. The zero-order valence-electron chi connectivity index (χ0n) is 18.4. The predicted molar refractivity (Wildman–Crippen MR) is 126 cm³/mol. The molecule has 0 aliphatic rings. The van der Waals surface area contributed by atoms with Crippen molar-refractivity contribution in [2.75, 3.05) is 19.5 Å². The van der Waals surface area contributed by atoms with Gasteiger partial charge in [0, 0.05) is 0 Å². The van der Waals surface area contributed by atoms with E-state index in [-0.39, 0.29) is 5.97 Å². The highest BCUT2D eigenvalue weighted by Gasteiger charge is 2.12. The van der Waals surface area contributed by atoms with Gasteiger partial charge in [-0.15, -0.1) is 0 Å². The van der Waals surface area contributed by atoms with Gasteiger partial charge in [0.2, 0.25) is 0 Å². The van der Waals surface area contributed by atoms with Gasteiger partial charge in [0.15, 0.2) is 0 Å². The lowest BCUT2D eigenvalue weighted by molar-refractivity contribution is -0.138. The summed E-state index contributed by atoms with van der Waals surface area (Å²) < 4.78 is 10.1. The summed E-state index contributed by atoms with van der Waals surface area (Å²) in [4.78, 5) is 21.9. The molecule has 1 unspecified atom stereocenters. The number of rotatable bonds is 8. The largest absolute Gasteiger partial charge is 0.491 e. The van der Waals surface area contributed by atoms with E-state index in [1.165, 1.54) is 7.11 Å². The minimum absolute atomic E-state index is 0.361. The minimum atomic E-state index is -0.965. The zero-order valence-corrected chi connectivity index (χ0v) is 18.4. The molecular formula is C25H30N2O5. The van der Waals surface area contributed by atoms with E-state index in [2.05, 4.69) is 11.7 Å². The van der Waals surface area contributed by atoms with Crippen molar-refractivity contribution in [3.05, 3.63) is 71.8 Å². The number of carbonyl (C=O) groups excluding carboxylic acids is 1. The van der Waals surface area contributed by atoms with Gasteiger partial charge < -0.3 is 26.0 Å². The molecule has 0 saturated carbocycles. The predicted octanol–water partition coefficient (Wildman–Crippen LogP) is 4.03. The Labute approximate surface area is 187 Å². The van der Waals surface area contributed by atoms with Gasteiger partial charge in [-0.1, -0.05) is 55.8 Å². The van der Waals surface area contributed by atoms with E-state index in [0.29, 0.717) is 30.0 Å². The Morgan fingerprint density at radius 3 is 2.41 bits per heavy atom. The number of carboxylic acids is 1. The van der Waals surface area contributed by atoms with Gasteiger partial charge in [0.25, 0.3) is 0 Å². The van der Waals surface area contributed by atoms with Gasteiger partial charge in [-0.05, 0) is 47.4 Å². The second-order valence-corrected chi connectivity index (χ2v) is 7.28. The zero-order chi connectivity index (χ0) is 23.5. The summed E-state index contributed by atoms with van der Waals surface area (Å²) in [5.74, 6) is -0.815. The molecule has 0 radical (unpaired) electrons. The van der Waals surface area contributed by atoms with Crippen LogP contribution in [0.1, 0.15) is 35.7 Å². The summed E-state index contributed by atoms with van der Waals surface area (Å²) in [6.45, 7) is 2.68. The van der Waals surface area contributed by atoms with Crippen LogP contribution < -0.4 is 16.2 Å². The summed E-state index contributed by atoms with van der Waals surface area (Å²) in [5, 5.41) is 11.0. The van der Waals surface area contributed by atoms with Gasteiger partial charge in [0.1, 0.15) is 11.8 Å². The van der Waals surface area contributed by atoms with E-state index in [1.54, 1.807) is 18.2 Å². The standard InChI is InChI=1S/C13H13NO2.C12H17NO3/c14-12(13(15)16)8-9-5-6-10-3-1-2-4-11(10)7-9;1-3-4-7-16-11-8-9(12(14)15-2)5-6-10(11)13/h1-7,12H,8,14H2,(H,15,16);5-6,8H,3-4,7,13H2,1-2H3. The third kappa shape index (κ3) is 7.28. The summed E-state index contributed by atoms with van der Waals surface area (Å²) >= 11 is 0. The molecule has 0 aromatic heterocycles. The number of fused-ring (bicyclic) bond motifs is 1. The molecule has 0 aliphatic heterocycles. The molecular weight excluding hydrogens is 408 g/mol. The molecule has 32 heavy (non-hydrogen) atoms. The molecule has 170 valence electrons. The van der Waals surface area contributed by atoms with Crippen molar-refractivity contribution in [3.8, 4) is 5.75 Å². The number of esters is 1. The van der Waals surface area contributed by atoms with E-state index < -0.39 is 12.0 Å². The normalized spacial score (nSPS) is 11.2. The van der Waals surface area contributed by atoms with Crippen LogP contribution in [0.2, 0.25) is 0 Å².